The predicted octanol–water partition coefficient (Wildman–Crippen LogP) is 3.58. The van der Waals surface area contributed by atoms with E-state index in [0.29, 0.717) is 15.7 Å². The van der Waals surface area contributed by atoms with Crippen LogP contribution in [-0.4, -0.2) is 42.8 Å². The van der Waals surface area contributed by atoms with Gasteiger partial charge in [0.05, 0.1) is 5.41 Å². The number of carbonyl (C=O) groups excluding carboxylic acids is 2. The van der Waals surface area contributed by atoms with Crippen molar-refractivity contribution in [2.24, 2.45) is 0 Å². The molecule has 0 N–H and O–H groups in total. The molecular formula is C17H21BrF2N2O2. The van der Waals surface area contributed by atoms with Crippen LogP contribution in [0.1, 0.15) is 32.8 Å². The van der Waals surface area contributed by atoms with Crippen molar-refractivity contribution in [1.29, 1.82) is 0 Å². The first-order valence-electron chi connectivity index (χ1n) is 7.84. The number of rotatable bonds is 5. The van der Waals surface area contributed by atoms with Crippen LogP contribution in [0.15, 0.2) is 22.7 Å². The molecule has 1 aliphatic rings. The first-order chi connectivity index (χ1) is 11.1. The minimum atomic E-state index is -3.61. The van der Waals surface area contributed by atoms with Crippen molar-refractivity contribution < 1.29 is 18.4 Å². The van der Waals surface area contributed by atoms with E-state index in [2.05, 4.69) is 15.9 Å². The van der Waals surface area contributed by atoms with Crippen LogP contribution in [0.2, 0.25) is 0 Å². The van der Waals surface area contributed by atoms with Gasteiger partial charge in [0.2, 0.25) is 5.91 Å². The second kappa shape index (κ2) is 6.43. The Kier molecular flexibility index (Phi) is 5.04. The van der Waals surface area contributed by atoms with Crippen molar-refractivity contribution >= 4 is 33.4 Å². The van der Waals surface area contributed by atoms with Gasteiger partial charge >= 0.3 is 5.92 Å². The molecule has 0 saturated carbocycles. The summed E-state index contributed by atoms with van der Waals surface area (Å²) < 4.78 is 30.0. The van der Waals surface area contributed by atoms with Gasteiger partial charge in [-0.05, 0) is 44.5 Å². The smallest absolute Gasteiger partial charge is 0.326 e. The maximum absolute atomic E-state index is 14.7. The summed E-state index contributed by atoms with van der Waals surface area (Å²) in [4.78, 5) is 27.3. The predicted molar refractivity (Wildman–Crippen MR) is 92.4 cm³/mol. The molecular weight excluding hydrogens is 382 g/mol. The third-order valence-electron chi connectivity index (χ3n) is 4.63. The van der Waals surface area contributed by atoms with Gasteiger partial charge in [0.1, 0.15) is 0 Å². The number of hydrogen-bond donors (Lipinski definition) is 0. The van der Waals surface area contributed by atoms with Gasteiger partial charge in [-0.3, -0.25) is 9.59 Å². The molecule has 0 radical (unpaired) electrons. The SMILES string of the molecule is CCN(CC)C(=O)C(F)(F)CC1(C)C(=O)N(C)c2ccc(Br)cc21. The molecule has 0 spiro atoms. The normalized spacial score (nSPS) is 20.3. The molecule has 0 fully saturated rings. The average molecular weight is 403 g/mol. The largest absolute Gasteiger partial charge is 0.338 e. The third kappa shape index (κ3) is 2.94. The van der Waals surface area contributed by atoms with Crippen molar-refractivity contribution in [3.63, 3.8) is 0 Å². The Morgan fingerprint density at radius 2 is 1.92 bits per heavy atom. The summed E-state index contributed by atoms with van der Waals surface area (Å²) in [7, 11) is 1.56. The number of alkyl halides is 2. The second-order valence-corrected chi connectivity index (χ2v) is 7.13. The molecule has 1 aromatic rings. The van der Waals surface area contributed by atoms with Gasteiger partial charge in [-0.2, -0.15) is 8.78 Å². The Balaban J connectivity index is 2.43. The molecule has 24 heavy (non-hydrogen) atoms. The Morgan fingerprint density at radius 1 is 1.33 bits per heavy atom. The fraction of sp³-hybridized carbons (Fsp3) is 0.529. The highest BCUT2D eigenvalue weighted by Gasteiger charge is 2.55. The van der Waals surface area contributed by atoms with Gasteiger partial charge in [-0.15, -0.1) is 0 Å². The van der Waals surface area contributed by atoms with Gasteiger partial charge < -0.3 is 9.80 Å². The summed E-state index contributed by atoms with van der Waals surface area (Å²) in [5, 5.41) is 0. The summed E-state index contributed by atoms with van der Waals surface area (Å²) in [6.45, 7) is 5.20. The zero-order valence-electron chi connectivity index (χ0n) is 14.2. The molecule has 0 aromatic heterocycles. The van der Waals surface area contributed by atoms with E-state index in [9.17, 15) is 18.4 Å². The zero-order chi connectivity index (χ0) is 18.3. The minimum absolute atomic E-state index is 0.206. The molecule has 0 bridgehead atoms. The maximum Gasteiger partial charge on any atom is 0.326 e. The molecule has 0 saturated heterocycles. The van der Waals surface area contributed by atoms with Crippen molar-refractivity contribution in [1.82, 2.24) is 4.90 Å². The van der Waals surface area contributed by atoms with Gasteiger partial charge in [0.15, 0.2) is 0 Å². The van der Waals surface area contributed by atoms with E-state index in [0.717, 1.165) is 4.90 Å². The number of anilines is 1. The molecule has 4 nitrogen and oxygen atoms in total. The minimum Gasteiger partial charge on any atom is -0.338 e. The van der Waals surface area contributed by atoms with E-state index in [1.54, 1.807) is 39.1 Å². The Labute approximate surface area is 148 Å². The molecule has 2 rings (SSSR count). The number of fused-ring (bicyclic) bond motifs is 1. The van der Waals surface area contributed by atoms with Gasteiger partial charge in [-0.25, -0.2) is 0 Å². The summed E-state index contributed by atoms with van der Waals surface area (Å²) in [5.41, 5.74) is -0.339. The quantitative estimate of drug-likeness (QED) is 0.754. The Bertz CT molecular complexity index is 677. The van der Waals surface area contributed by atoms with Crippen molar-refractivity contribution in [2.75, 3.05) is 25.0 Å². The molecule has 2 amide bonds. The number of carbonyl (C=O) groups is 2. The number of amides is 2. The number of benzene rings is 1. The maximum atomic E-state index is 14.7. The van der Waals surface area contributed by atoms with Crippen LogP contribution in [0.3, 0.4) is 0 Å². The fourth-order valence-electron chi connectivity index (χ4n) is 3.27. The van der Waals surface area contributed by atoms with Crippen LogP contribution in [-0.2, 0) is 15.0 Å². The molecule has 132 valence electrons. The molecule has 7 heteroatoms. The first-order valence-corrected chi connectivity index (χ1v) is 8.63. The summed E-state index contributed by atoms with van der Waals surface area (Å²) >= 11 is 3.32. The van der Waals surface area contributed by atoms with E-state index >= 15 is 0 Å². The van der Waals surface area contributed by atoms with Crippen molar-refractivity contribution in [3.05, 3.63) is 28.2 Å². The fourth-order valence-corrected chi connectivity index (χ4v) is 3.63. The summed E-state index contributed by atoms with van der Waals surface area (Å²) in [5.74, 6) is -5.27. The van der Waals surface area contributed by atoms with Gasteiger partial charge in [-0.1, -0.05) is 15.9 Å². The van der Waals surface area contributed by atoms with E-state index in [4.69, 9.17) is 0 Å². The van der Waals surface area contributed by atoms with E-state index in [1.165, 1.54) is 11.8 Å². The Morgan fingerprint density at radius 3 is 2.46 bits per heavy atom. The lowest BCUT2D eigenvalue weighted by Crippen LogP contribution is -2.49. The highest BCUT2D eigenvalue weighted by molar-refractivity contribution is 9.10. The lowest BCUT2D eigenvalue weighted by Gasteiger charge is -2.31. The third-order valence-corrected chi connectivity index (χ3v) is 5.12. The first kappa shape index (κ1) is 18.8. The van der Waals surface area contributed by atoms with Crippen LogP contribution >= 0.6 is 15.9 Å². The van der Waals surface area contributed by atoms with E-state index in [-0.39, 0.29) is 13.1 Å². The topological polar surface area (TPSA) is 40.6 Å². The molecule has 1 unspecified atom stereocenters. The highest BCUT2D eigenvalue weighted by atomic mass is 79.9. The zero-order valence-corrected chi connectivity index (χ0v) is 15.8. The summed E-state index contributed by atoms with van der Waals surface area (Å²) in [6.07, 6.45) is -0.845. The van der Waals surface area contributed by atoms with Crippen molar-refractivity contribution in [3.8, 4) is 0 Å². The monoisotopic (exact) mass is 402 g/mol. The van der Waals surface area contributed by atoms with Crippen LogP contribution < -0.4 is 4.90 Å². The number of halogens is 3. The van der Waals surface area contributed by atoms with Crippen molar-refractivity contribution in [2.45, 2.75) is 38.5 Å². The van der Waals surface area contributed by atoms with Gasteiger partial charge in [0, 0.05) is 36.7 Å². The Hall–Kier alpha value is -1.50. The van der Waals surface area contributed by atoms with E-state index < -0.39 is 29.6 Å². The number of hydrogen-bond acceptors (Lipinski definition) is 2. The molecule has 1 aliphatic heterocycles. The van der Waals surface area contributed by atoms with Crippen LogP contribution in [0.4, 0.5) is 14.5 Å². The second-order valence-electron chi connectivity index (χ2n) is 6.22. The van der Waals surface area contributed by atoms with Crippen LogP contribution in [0.5, 0.6) is 0 Å². The molecule has 1 aromatic carbocycles. The molecule has 0 aliphatic carbocycles. The van der Waals surface area contributed by atoms with Gasteiger partial charge in [0.25, 0.3) is 5.91 Å². The van der Waals surface area contributed by atoms with Crippen LogP contribution in [0, 0.1) is 0 Å². The highest BCUT2D eigenvalue weighted by Crippen LogP contribution is 2.47. The number of likely N-dealkylation sites (N-methyl/N-ethyl adjacent to an activating group) is 1. The lowest BCUT2D eigenvalue weighted by atomic mass is 9.78. The molecule has 1 atom stereocenters. The molecule has 1 heterocycles. The lowest BCUT2D eigenvalue weighted by molar-refractivity contribution is -0.160. The number of nitrogens with zero attached hydrogens (tertiary/aromatic N) is 2. The standard InChI is InChI=1S/C17H21BrF2N2O2/c1-5-22(6-2)15(24)17(19,20)10-16(3)12-9-11(18)7-8-13(12)21(4)14(16)23/h7-9H,5-6,10H2,1-4H3. The summed E-state index contributed by atoms with van der Waals surface area (Å²) in [6, 6.07) is 5.15. The van der Waals surface area contributed by atoms with E-state index in [1.807, 2.05) is 0 Å². The van der Waals surface area contributed by atoms with Crippen LogP contribution in [0.25, 0.3) is 0 Å². The average Bonchev–Trinajstić information content (AvgIpc) is 2.69.